The lowest BCUT2D eigenvalue weighted by molar-refractivity contribution is 0.531. The van der Waals surface area contributed by atoms with Crippen LogP contribution in [0, 0.1) is 5.82 Å². The lowest BCUT2D eigenvalue weighted by Crippen LogP contribution is -2.30. The molecule has 0 aliphatic carbocycles. The minimum atomic E-state index is -3.72. The van der Waals surface area contributed by atoms with Gasteiger partial charge in [-0.05, 0) is 67.9 Å². The first-order valence-electron chi connectivity index (χ1n) is 8.56. The average Bonchev–Trinajstić information content (AvgIpc) is 2.77. The summed E-state index contributed by atoms with van der Waals surface area (Å²) in [5.41, 5.74) is 2.20. The van der Waals surface area contributed by atoms with Crippen LogP contribution in [0.4, 0.5) is 10.1 Å². The number of halogens is 1. The van der Waals surface area contributed by atoms with Crippen molar-refractivity contribution in [2.75, 3.05) is 25.0 Å². The fraction of sp³-hybridized carbons (Fsp3) is 0.368. The van der Waals surface area contributed by atoms with Crippen molar-refractivity contribution in [1.82, 2.24) is 5.32 Å². The molecule has 1 saturated heterocycles. The van der Waals surface area contributed by atoms with Gasteiger partial charge in [-0.3, -0.25) is 0 Å². The van der Waals surface area contributed by atoms with Gasteiger partial charge in [0.25, 0.3) is 0 Å². The molecular weight excluding hydrogens is 339 g/mol. The van der Waals surface area contributed by atoms with E-state index in [0.717, 1.165) is 43.2 Å². The lowest BCUT2D eigenvalue weighted by Gasteiger charge is -2.24. The largest absolute Gasteiger partial charge is 0.371 e. The highest BCUT2D eigenvalue weighted by atomic mass is 32.2. The van der Waals surface area contributed by atoms with E-state index in [2.05, 4.69) is 17.3 Å². The summed E-state index contributed by atoms with van der Waals surface area (Å²) in [5, 5.41) is 3.42. The Balaban J connectivity index is 1.78. The van der Waals surface area contributed by atoms with Gasteiger partial charge >= 0.3 is 0 Å². The molecule has 0 saturated carbocycles. The molecule has 2 aromatic carbocycles. The second-order valence-electron chi connectivity index (χ2n) is 6.79. The second-order valence-corrected chi connectivity index (χ2v) is 8.74. The van der Waals surface area contributed by atoms with Crippen molar-refractivity contribution in [3.8, 4) is 0 Å². The normalized spacial score (nSPS) is 23.0. The van der Waals surface area contributed by atoms with Gasteiger partial charge < -0.3 is 10.2 Å². The predicted octanol–water partition coefficient (Wildman–Crippen LogP) is 2.94. The van der Waals surface area contributed by atoms with Crippen molar-refractivity contribution in [3.63, 3.8) is 0 Å². The van der Waals surface area contributed by atoms with Crippen LogP contribution in [-0.2, 0) is 9.84 Å². The highest BCUT2D eigenvalue weighted by Gasteiger charge is 2.37. The SMILES string of the molecule is CN1c2ccc(S(=O)(=O)c3cccc(F)c3)cc2[C@@H]2CCNCC[C@H]21. The number of hydrogen-bond acceptors (Lipinski definition) is 4. The van der Waals surface area contributed by atoms with Crippen LogP contribution in [0.2, 0.25) is 0 Å². The Morgan fingerprint density at radius 2 is 1.84 bits per heavy atom. The van der Waals surface area contributed by atoms with Crippen molar-refractivity contribution in [2.24, 2.45) is 0 Å². The molecule has 132 valence electrons. The van der Waals surface area contributed by atoms with E-state index in [0.29, 0.717) is 12.0 Å². The predicted molar refractivity (Wildman–Crippen MR) is 95.3 cm³/mol. The summed E-state index contributed by atoms with van der Waals surface area (Å²) < 4.78 is 39.3. The lowest BCUT2D eigenvalue weighted by atomic mass is 9.91. The molecule has 1 fully saturated rings. The molecule has 4 nitrogen and oxygen atoms in total. The maximum atomic E-state index is 13.5. The van der Waals surface area contributed by atoms with Gasteiger partial charge in [-0.1, -0.05) is 6.07 Å². The third kappa shape index (κ3) is 2.73. The molecule has 2 aliphatic rings. The number of nitrogens with zero attached hydrogens (tertiary/aromatic N) is 1. The Morgan fingerprint density at radius 1 is 1.08 bits per heavy atom. The topological polar surface area (TPSA) is 49.4 Å². The first kappa shape index (κ1) is 16.5. The smallest absolute Gasteiger partial charge is 0.206 e. The molecule has 6 heteroatoms. The molecule has 25 heavy (non-hydrogen) atoms. The molecule has 2 aromatic rings. The number of fused-ring (bicyclic) bond motifs is 3. The number of nitrogens with one attached hydrogen (secondary N) is 1. The molecule has 0 amide bonds. The van der Waals surface area contributed by atoms with Crippen LogP contribution < -0.4 is 10.2 Å². The molecule has 0 spiro atoms. The molecular formula is C19H21FN2O2S. The average molecular weight is 360 g/mol. The van der Waals surface area contributed by atoms with Crippen LogP contribution in [0.5, 0.6) is 0 Å². The molecule has 1 N–H and O–H groups in total. The van der Waals surface area contributed by atoms with Gasteiger partial charge in [0.2, 0.25) is 9.84 Å². The van der Waals surface area contributed by atoms with Gasteiger partial charge in [-0.25, -0.2) is 12.8 Å². The van der Waals surface area contributed by atoms with Crippen molar-refractivity contribution in [2.45, 2.75) is 34.6 Å². The van der Waals surface area contributed by atoms with Gasteiger partial charge in [0.15, 0.2) is 0 Å². The quantitative estimate of drug-likeness (QED) is 0.895. The van der Waals surface area contributed by atoms with E-state index in [4.69, 9.17) is 0 Å². The molecule has 2 aliphatic heterocycles. The molecule has 4 rings (SSSR count). The number of hydrogen-bond donors (Lipinski definition) is 1. The summed E-state index contributed by atoms with van der Waals surface area (Å²) in [6, 6.07) is 10.9. The second kappa shape index (κ2) is 6.11. The number of anilines is 1. The van der Waals surface area contributed by atoms with Gasteiger partial charge in [-0.15, -0.1) is 0 Å². The first-order chi connectivity index (χ1) is 12.0. The van der Waals surface area contributed by atoms with Gasteiger partial charge in [0, 0.05) is 24.7 Å². The van der Waals surface area contributed by atoms with Crippen LogP contribution in [0.1, 0.15) is 24.3 Å². The third-order valence-corrected chi connectivity index (χ3v) is 7.16. The van der Waals surface area contributed by atoms with Gasteiger partial charge in [0.05, 0.1) is 9.79 Å². The Hall–Kier alpha value is -1.92. The van der Waals surface area contributed by atoms with Crippen molar-refractivity contribution in [1.29, 1.82) is 0 Å². The number of sulfone groups is 1. The maximum Gasteiger partial charge on any atom is 0.206 e. The highest BCUT2D eigenvalue weighted by Crippen LogP contribution is 2.44. The maximum absolute atomic E-state index is 13.5. The van der Waals surface area contributed by atoms with Crippen molar-refractivity contribution >= 4 is 15.5 Å². The third-order valence-electron chi connectivity index (χ3n) is 5.41. The summed E-state index contributed by atoms with van der Waals surface area (Å²) in [6.45, 7) is 1.92. The number of rotatable bonds is 2. The van der Waals surface area contributed by atoms with Crippen LogP contribution in [0.15, 0.2) is 52.3 Å². The fourth-order valence-electron chi connectivity index (χ4n) is 4.12. The van der Waals surface area contributed by atoms with E-state index in [1.165, 1.54) is 18.2 Å². The van der Waals surface area contributed by atoms with Gasteiger partial charge in [0.1, 0.15) is 5.82 Å². The summed E-state index contributed by atoms with van der Waals surface area (Å²) >= 11 is 0. The Labute approximate surface area is 147 Å². The fourth-order valence-corrected chi connectivity index (χ4v) is 5.45. The van der Waals surface area contributed by atoms with Crippen LogP contribution in [0.3, 0.4) is 0 Å². The Kier molecular flexibility index (Phi) is 4.04. The Bertz CT molecular complexity index is 913. The van der Waals surface area contributed by atoms with Gasteiger partial charge in [-0.2, -0.15) is 0 Å². The zero-order valence-electron chi connectivity index (χ0n) is 14.1. The first-order valence-corrected chi connectivity index (χ1v) is 10.0. The van der Waals surface area contributed by atoms with E-state index >= 15 is 0 Å². The molecule has 0 unspecified atom stereocenters. The number of likely N-dealkylation sites (N-methyl/N-ethyl adjacent to an activating group) is 1. The molecule has 0 aromatic heterocycles. The summed E-state index contributed by atoms with van der Waals surface area (Å²) in [4.78, 5) is 2.51. The standard InChI is InChI=1S/C19H21FN2O2S/c1-22-18-6-5-15(25(23,24)14-4-2-3-13(20)11-14)12-17(18)16-7-9-21-10-8-19(16)22/h2-6,11-12,16,19,21H,7-10H2,1H3/t16-,19+/m0/s1. The Morgan fingerprint density at radius 3 is 2.64 bits per heavy atom. The van der Waals surface area contributed by atoms with Crippen molar-refractivity contribution in [3.05, 3.63) is 53.8 Å². The minimum Gasteiger partial charge on any atom is -0.371 e. The zero-order valence-corrected chi connectivity index (χ0v) is 14.9. The molecule has 2 heterocycles. The van der Waals surface area contributed by atoms with E-state index < -0.39 is 15.7 Å². The molecule has 0 radical (unpaired) electrons. The van der Waals surface area contributed by atoms with E-state index in [-0.39, 0.29) is 9.79 Å². The van der Waals surface area contributed by atoms with Crippen LogP contribution in [-0.4, -0.2) is 34.6 Å². The van der Waals surface area contributed by atoms with E-state index in [1.807, 2.05) is 6.07 Å². The van der Waals surface area contributed by atoms with Crippen LogP contribution in [0.25, 0.3) is 0 Å². The molecule has 0 bridgehead atoms. The van der Waals surface area contributed by atoms with E-state index in [1.54, 1.807) is 12.1 Å². The number of benzene rings is 2. The summed E-state index contributed by atoms with van der Waals surface area (Å²) in [7, 11) is -1.64. The van der Waals surface area contributed by atoms with E-state index in [9.17, 15) is 12.8 Å². The summed E-state index contributed by atoms with van der Waals surface area (Å²) in [6.07, 6.45) is 2.04. The highest BCUT2D eigenvalue weighted by molar-refractivity contribution is 7.91. The van der Waals surface area contributed by atoms with Crippen LogP contribution >= 0.6 is 0 Å². The molecule has 2 atom stereocenters. The summed E-state index contributed by atoms with van der Waals surface area (Å²) in [5.74, 6) is -0.213. The minimum absolute atomic E-state index is 0.00196. The zero-order chi connectivity index (χ0) is 17.6. The van der Waals surface area contributed by atoms with Crippen molar-refractivity contribution < 1.29 is 12.8 Å². The monoisotopic (exact) mass is 360 g/mol.